The van der Waals surface area contributed by atoms with Crippen LogP contribution in [0, 0.1) is 5.82 Å². The molecule has 2 N–H and O–H groups in total. The fourth-order valence-electron chi connectivity index (χ4n) is 2.00. The fraction of sp³-hybridized carbons (Fsp3) is 0.0588. The van der Waals surface area contributed by atoms with Crippen LogP contribution < -0.4 is 10.6 Å². The Morgan fingerprint density at radius 2 is 1.87 bits per heavy atom. The zero-order valence-electron chi connectivity index (χ0n) is 12.1. The molecule has 0 fully saturated rings. The smallest absolute Gasteiger partial charge is 0.229 e. The lowest BCUT2D eigenvalue weighted by molar-refractivity contribution is -0.115. The quantitative estimate of drug-likeness (QED) is 0.738. The van der Waals surface area contributed by atoms with Gasteiger partial charge < -0.3 is 10.6 Å². The predicted molar refractivity (Wildman–Crippen MR) is 90.6 cm³/mol. The molecule has 0 spiro atoms. The number of nitrogens with one attached hydrogen (secondary N) is 2. The number of benzene rings is 1. The molecule has 2 heterocycles. The summed E-state index contributed by atoms with van der Waals surface area (Å²) in [6.45, 7) is 0. The van der Waals surface area contributed by atoms with Gasteiger partial charge in [0.2, 0.25) is 5.91 Å². The molecule has 2 aromatic heterocycles. The molecule has 0 radical (unpaired) electrons. The second kappa shape index (κ2) is 7.02. The number of pyridine rings is 1. The van der Waals surface area contributed by atoms with Crippen molar-refractivity contribution in [3.8, 4) is 0 Å². The number of nitrogens with zero attached hydrogens (tertiary/aromatic N) is 1. The van der Waals surface area contributed by atoms with Gasteiger partial charge in [0, 0.05) is 10.6 Å². The van der Waals surface area contributed by atoms with Gasteiger partial charge in [-0.3, -0.25) is 4.79 Å². The Kier molecular flexibility index (Phi) is 4.63. The molecule has 4 nitrogen and oxygen atoms in total. The molecule has 1 amide bonds. The van der Waals surface area contributed by atoms with Gasteiger partial charge in [-0.1, -0.05) is 6.07 Å². The van der Waals surface area contributed by atoms with Crippen LogP contribution in [0.5, 0.6) is 0 Å². The maximum Gasteiger partial charge on any atom is 0.229 e. The highest BCUT2D eigenvalue weighted by molar-refractivity contribution is 7.10. The lowest BCUT2D eigenvalue weighted by Gasteiger charge is -2.07. The number of thiophene rings is 1. The number of amides is 1. The van der Waals surface area contributed by atoms with Crippen LogP contribution in [0.3, 0.4) is 0 Å². The summed E-state index contributed by atoms with van der Waals surface area (Å²) in [5.41, 5.74) is 1.38. The van der Waals surface area contributed by atoms with Crippen LogP contribution in [0.2, 0.25) is 0 Å². The van der Waals surface area contributed by atoms with Gasteiger partial charge in [-0.2, -0.15) is 0 Å². The molecular formula is C17H14FN3OS. The number of aromatic nitrogens is 1. The summed E-state index contributed by atoms with van der Waals surface area (Å²) in [4.78, 5) is 17.2. The van der Waals surface area contributed by atoms with E-state index < -0.39 is 0 Å². The van der Waals surface area contributed by atoms with E-state index in [4.69, 9.17) is 0 Å². The molecule has 0 aliphatic heterocycles. The van der Waals surface area contributed by atoms with Crippen molar-refractivity contribution < 1.29 is 9.18 Å². The second-order valence-electron chi connectivity index (χ2n) is 4.87. The number of carbonyl (C=O) groups excluding carboxylic acids is 1. The molecule has 0 bridgehead atoms. The first-order valence-electron chi connectivity index (χ1n) is 7.00. The molecule has 0 saturated carbocycles. The van der Waals surface area contributed by atoms with Crippen molar-refractivity contribution in [2.24, 2.45) is 0 Å². The monoisotopic (exact) mass is 327 g/mol. The van der Waals surface area contributed by atoms with Gasteiger partial charge in [0.15, 0.2) is 0 Å². The molecule has 23 heavy (non-hydrogen) atoms. The highest BCUT2D eigenvalue weighted by Crippen LogP contribution is 2.17. The van der Waals surface area contributed by atoms with Crippen molar-refractivity contribution >= 4 is 34.4 Å². The summed E-state index contributed by atoms with van der Waals surface area (Å²) in [7, 11) is 0. The van der Waals surface area contributed by atoms with Gasteiger partial charge in [0.1, 0.15) is 11.6 Å². The Bertz CT molecular complexity index is 771. The minimum absolute atomic E-state index is 0.0755. The number of rotatable bonds is 5. The molecule has 0 unspecified atom stereocenters. The third-order valence-electron chi connectivity index (χ3n) is 3.08. The standard InChI is InChI=1S/C17H14FN3OS/c18-12-3-5-13(6-4-12)20-16-8-7-14(11-19-16)21-17(22)10-15-2-1-9-23-15/h1-9,11H,10H2,(H,19,20)(H,21,22). The third-order valence-corrected chi connectivity index (χ3v) is 3.96. The van der Waals surface area contributed by atoms with Crippen molar-refractivity contribution in [3.63, 3.8) is 0 Å². The lowest BCUT2D eigenvalue weighted by Crippen LogP contribution is -2.13. The second-order valence-corrected chi connectivity index (χ2v) is 5.90. The number of carbonyl (C=O) groups is 1. The summed E-state index contributed by atoms with van der Waals surface area (Å²) >= 11 is 1.55. The first-order valence-corrected chi connectivity index (χ1v) is 7.88. The molecule has 116 valence electrons. The number of hydrogen-bond donors (Lipinski definition) is 2. The fourth-order valence-corrected chi connectivity index (χ4v) is 2.70. The SMILES string of the molecule is O=C(Cc1cccs1)Nc1ccc(Nc2ccc(F)cc2)nc1. The van der Waals surface area contributed by atoms with E-state index in [9.17, 15) is 9.18 Å². The van der Waals surface area contributed by atoms with Crippen molar-refractivity contribution in [1.82, 2.24) is 4.98 Å². The average molecular weight is 327 g/mol. The van der Waals surface area contributed by atoms with Gasteiger partial charge in [0.05, 0.1) is 18.3 Å². The first kappa shape index (κ1) is 15.2. The van der Waals surface area contributed by atoms with Gasteiger partial charge in [-0.25, -0.2) is 9.37 Å². The van der Waals surface area contributed by atoms with Crippen LogP contribution >= 0.6 is 11.3 Å². The minimum atomic E-state index is -0.285. The van der Waals surface area contributed by atoms with E-state index >= 15 is 0 Å². The predicted octanol–water partition coefficient (Wildman–Crippen LogP) is 4.21. The third kappa shape index (κ3) is 4.37. The van der Waals surface area contributed by atoms with Crippen LogP contribution in [-0.4, -0.2) is 10.9 Å². The number of hydrogen-bond acceptors (Lipinski definition) is 4. The molecule has 0 atom stereocenters. The molecule has 3 rings (SSSR count). The molecule has 1 aromatic carbocycles. The van der Waals surface area contributed by atoms with Crippen LogP contribution in [-0.2, 0) is 11.2 Å². The van der Waals surface area contributed by atoms with Crippen molar-refractivity contribution in [2.75, 3.05) is 10.6 Å². The molecule has 0 saturated heterocycles. The first-order chi connectivity index (χ1) is 11.2. The maximum atomic E-state index is 12.9. The number of halogens is 1. The Hall–Kier alpha value is -2.73. The molecule has 6 heteroatoms. The summed E-state index contributed by atoms with van der Waals surface area (Å²) in [5, 5.41) is 7.81. The zero-order chi connectivity index (χ0) is 16.1. The van der Waals surface area contributed by atoms with E-state index in [1.54, 1.807) is 41.8 Å². The summed E-state index contributed by atoms with van der Waals surface area (Å²) in [6.07, 6.45) is 1.94. The van der Waals surface area contributed by atoms with Crippen molar-refractivity contribution in [2.45, 2.75) is 6.42 Å². The molecule has 0 aliphatic carbocycles. The highest BCUT2D eigenvalue weighted by Gasteiger charge is 2.05. The van der Waals surface area contributed by atoms with E-state index in [1.165, 1.54) is 12.1 Å². The topological polar surface area (TPSA) is 54.0 Å². The largest absolute Gasteiger partial charge is 0.340 e. The van der Waals surface area contributed by atoms with E-state index in [2.05, 4.69) is 15.6 Å². The molecule has 0 aliphatic rings. The normalized spacial score (nSPS) is 10.3. The maximum absolute atomic E-state index is 12.9. The Morgan fingerprint density at radius 1 is 1.09 bits per heavy atom. The van der Waals surface area contributed by atoms with Gasteiger partial charge in [0.25, 0.3) is 0 Å². The van der Waals surface area contributed by atoms with E-state index in [0.29, 0.717) is 17.9 Å². The zero-order valence-corrected chi connectivity index (χ0v) is 12.9. The van der Waals surface area contributed by atoms with Gasteiger partial charge in [-0.05, 0) is 47.8 Å². The summed E-state index contributed by atoms with van der Waals surface area (Å²) in [5.74, 6) is 0.258. The Morgan fingerprint density at radius 3 is 2.52 bits per heavy atom. The van der Waals surface area contributed by atoms with Crippen LogP contribution in [0.4, 0.5) is 21.6 Å². The summed E-state index contributed by atoms with van der Waals surface area (Å²) < 4.78 is 12.9. The summed E-state index contributed by atoms with van der Waals surface area (Å²) in [6, 6.07) is 13.4. The Labute approximate surface area is 137 Å². The van der Waals surface area contributed by atoms with Crippen molar-refractivity contribution in [3.05, 3.63) is 70.8 Å². The van der Waals surface area contributed by atoms with Crippen LogP contribution in [0.15, 0.2) is 60.1 Å². The molecule has 3 aromatic rings. The van der Waals surface area contributed by atoms with E-state index in [-0.39, 0.29) is 11.7 Å². The lowest BCUT2D eigenvalue weighted by atomic mass is 10.3. The number of anilines is 3. The van der Waals surface area contributed by atoms with Gasteiger partial charge in [-0.15, -0.1) is 11.3 Å². The minimum Gasteiger partial charge on any atom is -0.340 e. The highest BCUT2D eigenvalue weighted by atomic mass is 32.1. The van der Waals surface area contributed by atoms with Crippen LogP contribution in [0.1, 0.15) is 4.88 Å². The van der Waals surface area contributed by atoms with Crippen molar-refractivity contribution in [1.29, 1.82) is 0 Å². The van der Waals surface area contributed by atoms with Crippen LogP contribution in [0.25, 0.3) is 0 Å². The van der Waals surface area contributed by atoms with E-state index in [1.807, 2.05) is 17.5 Å². The molecular weight excluding hydrogens is 313 g/mol. The van der Waals surface area contributed by atoms with Gasteiger partial charge >= 0.3 is 0 Å². The Balaban J connectivity index is 1.58. The average Bonchev–Trinajstić information content (AvgIpc) is 3.04. The van der Waals surface area contributed by atoms with E-state index in [0.717, 1.165) is 10.6 Å².